The van der Waals surface area contributed by atoms with E-state index in [1.807, 2.05) is 48.7 Å². The van der Waals surface area contributed by atoms with Crippen LogP contribution in [0.25, 0.3) is 16.8 Å². The first-order valence-corrected chi connectivity index (χ1v) is 6.64. The molecule has 3 rings (SSSR count). The van der Waals surface area contributed by atoms with Gasteiger partial charge < -0.3 is 4.74 Å². The average molecular weight is 288 g/mol. The minimum Gasteiger partial charge on any atom is -0.496 e. The Labute approximate surface area is 122 Å². The van der Waals surface area contributed by atoms with Crippen LogP contribution >= 0.6 is 11.6 Å². The van der Waals surface area contributed by atoms with Crippen molar-refractivity contribution in [1.29, 1.82) is 0 Å². The highest BCUT2D eigenvalue weighted by molar-refractivity contribution is 6.28. The molecule has 0 spiro atoms. The number of rotatable bonds is 2. The molecule has 0 aliphatic carbocycles. The summed E-state index contributed by atoms with van der Waals surface area (Å²) in [6.45, 7) is 4.05. The molecule has 0 amide bonds. The second kappa shape index (κ2) is 4.80. The van der Waals surface area contributed by atoms with Crippen molar-refractivity contribution in [3.63, 3.8) is 0 Å². The molecule has 4 nitrogen and oxygen atoms in total. The summed E-state index contributed by atoms with van der Waals surface area (Å²) in [7, 11) is 1.66. The summed E-state index contributed by atoms with van der Waals surface area (Å²) in [5.74, 6) is 0.782. The van der Waals surface area contributed by atoms with Crippen molar-refractivity contribution in [2.45, 2.75) is 13.8 Å². The summed E-state index contributed by atoms with van der Waals surface area (Å²) in [4.78, 5) is 0. The van der Waals surface area contributed by atoms with Gasteiger partial charge in [-0.15, -0.1) is 10.2 Å². The second-order valence-corrected chi connectivity index (χ2v) is 5.08. The van der Waals surface area contributed by atoms with Crippen molar-refractivity contribution in [3.8, 4) is 17.0 Å². The van der Waals surface area contributed by atoms with E-state index < -0.39 is 0 Å². The van der Waals surface area contributed by atoms with Gasteiger partial charge in [-0.05, 0) is 54.8 Å². The third-order valence-corrected chi connectivity index (χ3v) is 3.61. The Morgan fingerprint density at radius 3 is 2.70 bits per heavy atom. The van der Waals surface area contributed by atoms with Gasteiger partial charge in [0.1, 0.15) is 11.4 Å². The lowest BCUT2D eigenvalue weighted by Crippen LogP contribution is -1.99. The molecule has 1 aromatic carbocycles. The molecule has 0 fully saturated rings. The quantitative estimate of drug-likeness (QED) is 0.722. The van der Waals surface area contributed by atoms with E-state index in [0.29, 0.717) is 5.28 Å². The highest BCUT2D eigenvalue weighted by Gasteiger charge is 2.15. The van der Waals surface area contributed by atoms with Crippen LogP contribution in [0.5, 0.6) is 5.75 Å². The zero-order valence-corrected chi connectivity index (χ0v) is 12.3. The number of fused-ring (bicyclic) bond motifs is 1. The summed E-state index contributed by atoms with van der Waals surface area (Å²) in [6.07, 6.45) is 1.89. The van der Waals surface area contributed by atoms with E-state index in [1.165, 1.54) is 0 Å². The van der Waals surface area contributed by atoms with E-state index in [-0.39, 0.29) is 0 Å². The van der Waals surface area contributed by atoms with Crippen LogP contribution in [0.1, 0.15) is 11.1 Å². The van der Waals surface area contributed by atoms with Gasteiger partial charge in [-0.3, -0.25) is 4.40 Å². The first kappa shape index (κ1) is 12.9. The van der Waals surface area contributed by atoms with Gasteiger partial charge in [0.2, 0.25) is 5.28 Å². The molecule has 2 heterocycles. The van der Waals surface area contributed by atoms with Gasteiger partial charge >= 0.3 is 0 Å². The van der Waals surface area contributed by atoms with Gasteiger partial charge in [0, 0.05) is 11.8 Å². The fraction of sp³-hybridized carbons (Fsp3) is 0.200. The summed E-state index contributed by atoms with van der Waals surface area (Å²) in [6, 6.07) is 8.01. The number of benzene rings is 1. The maximum absolute atomic E-state index is 6.09. The van der Waals surface area contributed by atoms with Crippen LogP contribution in [0, 0.1) is 13.8 Å². The zero-order chi connectivity index (χ0) is 14.3. The van der Waals surface area contributed by atoms with Gasteiger partial charge in [-0.2, -0.15) is 0 Å². The first-order chi connectivity index (χ1) is 9.61. The van der Waals surface area contributed by atoms with Crippen LogP contribution in [0.2, 0.25) is 5.28 Å². The monoisotopic (exact) mass is 287 g/mol. The smallest absolute Gasteiger partial charge is 0.228 e. The van der Waals surface area contributed by atoms with Crippen LogP contribution in [0.15, 0.2) is 30.5 Å². The number of aryl methyl sites for hydroxylation is 2. The van der Waals surface area contributed by atoms with Crippen molar-refractivity contribution in [2.75, 3.05) is 7.11 Å². The Bertz CT molecular complexity index is 795. The molecule has 102 valence electrons. The summed E-state index contributed by atoms with van der Waals surface area (Å²) in [5.41, 5.74) is 4.87. The number of hydrogen-bond acceptors (Lipinski definition) is 3. The Morgan fingerprint density at radius 2 is 1.95 bits per heavy atom. The normalized spacial score (nSPS) is 11.0. The Kier molecular flexibility index (Phi) is 3.10. The molecule has 0 unspecified atom stereocenters. The van der Waals surface area contributed by atoms with E-state index in [1.54, 1.807) is 7.11 Å². The number of hydrogen-bond donors (Lipinski definition) is 0. The fourth-order valence-corrected chi connectivity index (χ4v) is 2.53. The molecule has 5 heteroatoms. The molecule has 0 atom stereocenters. The number of halogens is 1. The van der Waals surface area contributed by atoms with Crippen molar-refractivity contribution in [3.05, 3.63) is 46.9 Å². The van der Waals surface area contributed by atoms with E-state index >= 15 is 0 Å². The van der Waals surface area contributed by atoms with E-state index in [4.69, 9.17) is 16.3 Å². The predicted molar refractivity (Wildman–Crippen MR) is 79.5 cm³/mol. The summed E-state index contributed by atoms with van der Waals surface area (Å²) in [5, 5.41) is 8.63. The number of ether oxygens (including phenoxy) is 1. The Morgan fingerprint density at radius 1 is 1.15 bits per heavy atom. The maximum Gasteiger partial charge on any atom is 0.228 e. The second-order valence-electron chi connectivity index (χ2n) is 4.74. The van der Waals surface area contributed by atoms with Crippen LogP contribution in [-0.2, 0) is 0 Å². The third-order valence-electron chi connectivity index (χ3n) is 3.36. The number of nitrogens with zero attached hydrogens (tertiary/aromatic N) is 3. The predicted octanol–water partition coefficient (Wildman–Crippen LogP) is 3.68. The fourth-order valence-electron chi connectivity index (χ4n) is 2.35. The van der Waals surface area contributed by atoms with E-state index in [0.717, 1.165) is 33.7 Å². The molecule has 0 saturated carbocycles. The van der Waals surface area contributed by atoms with Crippen LogP contribution in [-0.4, -0.2) is 21.7 Å². The van der Waals surface area contributed by atoms with Crippen molar-refractivity contribution < 1.29 is 4.74 Å². The Balaban J connectivity index is 2.35. The van der Waals surface area contributed by atoms with Crippen LogP contribution in [0.3, 0.4) is 0 Å². The molecule has 20 heavy (non-hydrogen) atoms. The standard InChI is InChI=1S/C15H14ClN3O/c1-9-4-5-11(12(8-9)20-3)13-14-10(2)6-7-19(14)15(16)18-17-13/h4-8H,1-3H3. The van der Waals surface area contributed by atoms with Gasteiger partial charge in [0.05, 0.1) is 12.6 Å². The van der Waals surface area contributed by atoms with Gasteiger partial charge in [-0.1, -0.05) is 6.07 Å². The highest BCUT2D eigenvalue weighted by Crippen LogP contribution is 2.33. The zero-order valence-electron chi connectivity index (χ0n) is 11.5. The maximum atomic E-state index is 6.09. The third kappa shape index (κ3) is 1.93. The van der Waals surface area contributed by atoms with Gasteiger partial charge in [0.15, 0.2) is 0 Å². The largest absolute Gasteiger partial charge is 0.496 e. The van der Waals surface area contributed by atoms with Crippen molar-refractivity contribution in [2.24, 2.45) is 0 Å². The van der Waals surface area contributed by atoms with Crippen molar-refractivity contribution in [1.82, 2.24) is 14.6 Å². The molecular weight excluding hydrogens is 274 g/mol. The highest BCUT2D eigenvalue weighted by atomic mass is 35.5. The lowest BCUT2D eigenvalue weighted by atomic mass is 10.1. The molecule has 0 bridgehead atoms. The molecule has 2 aromatic heterocycles. The van der Waals surface area contributed by atoms with Gasteiger partial charge in [0.25, 0.3) is 0 Å². The molecule has 0 N–H and O–H groups in total. The summed E-state index contributed by atoms with van der Waals surface area (Å²) < 4.78 is 7.30. The topological polar surface area (TPSA) is 39.4 Å². The van der Waals surface area contributed by atoms with Crippen LogP contribution in [0.4, 0.5) is 0 Å². The lowest BCUT2D eigenvalue weighted by molar-refractivity contribution is 0.416. The lowest BCUT2D eigenvalue weighted by Gasteiger charge is -2.11. The summed E-state index contributed by atoms with van der Waals surface area (Å²) >= 11 is 6.09. The minimum absolute atomic E-state index is 0.350. The average Bonchev–Trinajstić information content (AvgIpc) is 2.83. The van der Waals surface area contributed by atoms with E-state index in [9.17, 15) is 0 Å². The number of aromatic nitrogens is 3. The molecule has 0 aliphatic rings. The Hall–Kier alpha value is -2.07. The molecular formula is C15H14ClN3O. The molecule has 0 radical (unpaired) electrons. The molecule has 0 aliphatic heterocycles. The first-order valence-electron chi connectivity index (χ1n) is 6.26. The molecule has 0 saturated heterocycles. The number of methoxy groups -OCH3 is 1. The van der Waals surface area contributed by atoms with E-state index in [2.05, 4.69) is 10.2 Å². The van der Waals surface area contributed by atoms with Crippen LogP contribution < -0.4 is 4.74 Å². The minimum atomic E-state index is 0.350. The molecule has 3 aromatic rings. The van der Waals surface area contributed by atoms with Gasteiger partial charge in [-0.25, -0.2) is 0 Å². The van der Waals surface area contributed by atoms with Crippen molar-refractivity contribution >= 4 is 17.1 Å². The SMILES string of the molecule is COc1cc(C)ccc1-c1nnc(Cl)n2ccc(C)c12.